The van der Waals surface area contributed by atoms with Crippen LogP contribution < -0.4 is 0 Å². The molecule has 0 rings (SSSR count). The van der Waals surface area contributed by atoms with Crippen LogP contribution in [0, 0.1) is 0 Å². The van der Waals surface area contributed by atoms with E-state index in [0.717, 1.165) is 58.7 Å². The highest BCUT2D eigenvalue weighted by Crippen LogP contribution is 2.10. The molecule has 0 atom stereocenters. The Morgan fingerprint density at radius 1 is 0.224 bits per heavy atom. The molecule has 0 radical (unpaired) electrons. The first-order chi connectivity index (χ1) is 24.3. The van der Waals surface area contributed by atoms with Gasteiger partial charge in [0.25, 0.3) is 0 Å². The molecule has 0 aliphatic carbocycles. The van der Waals surface area contributed by atoms with Gasteiger partial charge in [-0.15, -0.1) is 0 Å². The van der Waals surface area contributed by atoms with E-state index in [1.165, 1.54) is 135 Å². The fourth-order valence-corrected chi connectivity index (χ4v) is 5.90. The summed E-state index contributed by atoms with van der Waals surface area (Å²) in [5.74, 6) is 0. The van der Waals surface area contributed by atoms with Crippen molar-refractivity contribution in [3.05, 3.63) is 0 Å². The Morgan fingerprint density at radius 2 is 0.429 bits per heavy atom. The molecule has 0 saturated heterocycles. The Kier molecular flexibility index (Phi) is 45.5. The molecule has 0 bridgehead atoms. The molecular weight excluding hydrogens is 614 g/mol. The fourth-order valence-electron chi connectivity index (χ4n) is 5.90. The quantitative estimate of drug-likeness (QED) is 0.0586. The summed E-state index contributed by atoms with van der Waals surface area (Å²) in [5.41, 5.74) is 0. The summed E-state index contributed by atoms with van der Waals surface area (Å²) in [6.45, 7) is 18.1. The highest BCUT2D eigenvalue weighted by molar-refractivity contribution is 4.58. The fraction of sp³-hybridized carbons (Fsp3) is 1.00. The molecule has 0 spiro atoms. The summed E-state index contributed by atoms with van der Waals surface area (Å²) in [5, 5.41) is 0. The maximum atomic E-state index is 5.91. The van der Waals surface area contributed by atoms with Crippen molar-refractivity contribution in [2.24, 2.45) is 0 Å². The number of rotatable bonds is 45. The highest BCUT2D eigenvalue weighted by atomic mass is 16.5. The molecule has 296 valence electrons. The smallest absolute Gasteiger partial charge is 0.0701 e. The van der Waals surface area contributed by atoms with Crippen molar-refractivity contribution in [3.8, 4) is 0 Å². The van der Waals surface area contributed by atoms with Crippen LogP contribution in [-0.2, 0) is 28.4 Å². The van der Waals surface area contributed by atoms with Crippen LogP contribution in [0.5, 0.6) is 0 Å². The molecule has 0 heterocycles. The van der Waals surface area contributed by atoms with E-state index in [0.29, 0.717) is 59.5 Å². The molecule has 0 N–H and O–H groups in total. The van der Waals surface area contributed by atoms with E-state index in [-0.39, 0.29) is 0 Å². The number of hydrogen-bond donors (Lipinski definition) is 0. The molecule has 7 heteroatoms. The predicted molar refractivity (Wildman–Crippen MR) is 209 cm³/mol. The Hall–Kier alpha value is -0.280. The van der Waals surface area contributed by atoms with Gasteiger partial charge in [0, 0.05) is 39.5 Å². The molecule has 0 amide bonds. The van der Waals surface area contributed by atoms with Gasteiger partial charge in [0.1, 0.15) is 0 Å². The molecule has 0 aromatic heterocycles. The van der Waals surface area contributed by atoms with Gasteiger partial charge < -0.3 is 28.4 Å². The van der Waals surface area contributed by atoms with Crippen molar-refractivity contribution in [1.82, 2.24) is 4.90 Å². The molecular formula is C42H87NO6. The van der Waals surface area contributed by atoms with Crippen LogP contribution in [-0.4, -0.2) is 104 Å². The van der Waals surface area contributed by atoms with Crippen LogP contribution in [0.3, 0.4) is 0 Å². The molecule has 0 aliphatic heterocycles. The lowest BCUT2D eigenvalue weighted by Gasteiger charge is -2.22. The highest BCUT2D eigenvalue weighted by Gasteiger charge is 2.06. The summed E-state index contributed by atoms with van der Waals surface area (Å²) in [4.78, 5) is 2.38. The number of nitrogens with zero attached hydrogens (tertiary/aromatic N) is 1. The Bertz CT molecular complexity index is 493. The van der Waals surface area contributed by atoms with Crippen LogP contribution in [0.4, 0.5) is 0 Å². The maximum absolute atomic E-state index is 5.91. The van der Waals surface area contributed by atoms with Crippen molar-refractivity contribution in [3.63, 3.8) is 0 Å². The van der Waals surface area contributed by atoms with Gasteiger partial charge in [-0.2, -0.15) is 0 Å². The SMILES string of the molecule is CCCCCCCCCCOCCOCCN(CCOCCOCCCCCCCCCC)CCOCCOCCCCCCCCCC. The maximum Gasteiger partial charge on any atom is 0.0701 e. The van der Waals surface area contributed by atoms with Gasteiger partial charge >= 0.3 is 0 Å². The lowest BCUT2D eigenvalue weighted by molar-refractivity contribution is 0.00983. The van der Waals surface area contributed by atoms with Crippen LogP contribution in [0.25, 0.3) is 0 Å². The average Bonchev–Trinajstić information content (AvgIpc) is 3.11. The second-order valence-corrected chi connectivity index (χ2v) is 13.9. The third kappa shape index (κ3) is 43.8. The largest absolute Gasteiger partial charge is 0.379 e. The monoisotopic (exact) mass is 702 g/mol. The summed E-state index contributed by atoms with van der Waals surface area (Å²) in [6.07, 6.45) is 31.9. The second kappa shape index (κ2) is 45.7. The van der Waals surface area contributed by atoms with Gasteiger partial charge in [0.15, 0.2) is 0 Å². The van der Waals surface area contributed by atoms with Crippen molar-refractivity contribution in [2.45, 2.75) is 175 Å². The molecule has 0 aliphatic rings. The zero-order valence-electron chi connectivity index (χ0n) is 33.5. The van der Waals surface area contributed by atoms with Gasteiger partial charge in [-0.1, -0.05) is 156 Å². The van der Waals surface area contributed by atoms with Crippen LogP contribution in [0.15, 0.2) is 0 Å². The first-order valence-electron chi connectivity index (χ1n) is 21.5. The third-order valence-corrected chi connectivity index (χ3v) is 9.20. The molecule has 0 saturated carbocycles. The minimum atomic E-state index is 0.657. The zero-order valence-corrected chi connectivity index (χ0v) is 33.5. The second-order valence-electron chi connectivity index (χ2n) is 13.9. The van der Waals surface area contributed by atoms with Crippen molar-refractivity contribution < 1.29 is 28.4 Å². The molecule has 0 unspecified atom stereocenters. The molecule has 0 fully saturated rings. The lowest BCUT2D eigenvalue weighted by atomic mass is 10.1. The van der Waals surface area contributed by atoms with E-state index in [2.05, 4.69) is 25.7 Å². The first kappa shape index (κ1) is 48.7. The summed E-state index contributed by atoms with van der Waals surface area (Å²) in [6, 6.07) is 0. The first-order valence-corrected chi connectivity index (χ1v) is 21.5. The van der Waals surface area contributed by atoms with Gasteiger partial charge in [-0.05, 0) is 19.3 Å². The van der Waals surface area contributed by atoms with E-state index in [1.54, 1.807) is 0 Å². The van der Waals surface area contributed by atoms with E-state index in [4.69, 9.17) is 28.4 Å². The minimum absolute atomic E-state index is 0.657. The standard InChI is InChI=1S/C42H87NO6/c1-4-7-10-13-16-19-22-25-31-44-37-40-47-34-28-43(29-35-48-41-38-45-32-26-23-20-17-14-11-8-5-2)30-36-49-42-39-46-33-27-24-21-18-15-12-9-6-3/h4-42H2,1-3H3. The van der Waals surface area contributed by atoms with Gasteiger partial charge in [0.05, 0.1) is 59.5 Å². The van der Waals surface area contributed by atoms with Gasteiger partial charge in [-0.25, -0.2) is 0 Å². The zero-order chi connectivity index (χ0) is 35.4. The Labute approximate surface area is 306 Å². The van der Waals surface area contributed by atoms with Crippen molar-refractivity contribution >= 4 is 0 Å². The number of unbranched alkanes of at least 4 members (excludes halogenated alkanes) is 21. The normalized spacial score (nSPS) is 11.8. The number of ether oxygens (including phenoxy) is 6. The third-order valence-electron chi connectivity index (χ3n) is 9.20. The van der Waals surface area contributed by atoms with E-state index in [1.807, 2.05) is 0 Å². The van der Waals surface area contributed by atoms with Crippen LogP contribution in [0.2, 0.25) is 0 Å². The number of hydrogen-bond acceptors (Lipinski definition) is 7. The summed E-state index contributed by atoms with van der Waals surface area (Å²) < 4.78 is 35.1. The van der Waals surface area contributed by atoms with Gasteiger partial charge in [0.2, 0.25) is 0 Å². The minimum Gasteiger partial charge on any atom is -0.379 e. The Balaban J connectivity index is 3.93. The van der Waals surface area contributed by atoms with E-state index < -0.39 is 0 Å². The lowest BCUT2D eigenvalue weighted by Crippen LogP contribution is -2.34. The van der Waals surface area contributed by atoms with Crippen LogP contribution in [0.1, 0.15) is 175 Å². The summed E-state index contributed by atoms with van der Waals surface area (Å²) >= 11 is 0. The molecule has 0 aromatic rings. The molecule has 49 heavy (non-hydrogen) atoms. The average molecular weight is 702 g/mol. The van der Waals surface area contributed by atoms with Gasteiger partial charge in [-0.3, -0.25) is 4.90 Å². The van der Waals surface area contributed by atoms with Crippen LogP contribution >= 0.6 is 0 Å². The van der Waals surface area contributed by atoms with E-state index >= 15 is 0 Å². The molecule has 0 aromatic carbocycles. The summed E-state index contributed by atoms with van der Waals surface area (Å²) in [7, 11) is 0. The molecule has 7 nitrogen and oxygen atoms in total. The van der Waals surface area contributed by atoms with Crippen molar-refractivity contribution in [1.29, 1.82) is 0 Å². The predicted octanol–water partition coefficient (Wildman–Crippen LogP) is 10.8. The topological polar surface area (TPSA) is 58.6 Å². The van der Waals surface area contributed by atoms with Crippen molar-refractivity contribution in [2.75, 3.05) is 98.9 Å². The Morgan fingerprint density at radius 3 is 0.673 bits per heavy atom. The van der Waals surface area contributed by atoms with E-state index in [9.17, 15) is 0 Å².